The Morgan fingerprint density at radius 3 is 2.30 bits per heavy atom. The summed E-state index contributed by atoms with van der Waals surface area (Å²) in [5, 5.41) is 12.4. The highest BCUT2D eigenvalue weighted by Gasteiger charge is 2.34. The molecule has 20 heavy (non-hydrogen) atoms. The van der Waals surface area contributed by atoms with E-state index < -0.39 is 0 Å². The fourth-order valence-corrected chi connectivity index (χ4v) is 2.01. The monoisotopic (exact) mass is 272 g/mol. The predicted molar refractivity (Wildman–Crippen MR) is 71.7 cm³/mol. The lowest BCUT2D eigenvalue weighted by Gasteiger charge is -2.31. The van der Waals surface area contributed by atoms with Crippen molar-refractivity contribution < 1.29 is 14.3 Å². The van der Waals surface area contributed by atoms with E-state index in [0.29, 0.717) is 9.82 Å². The summed E-state index contributed by atoms with van der Waals surface area (Å²) in [6.45, 7) is 2.59. The molecule has 0 atom stereocenters. The zero-order valence-electron chi connectivity index (χ0n) is 11.0. The third kappa shape index (κ3) is 2.28. The first-order valence-corrected chi connectivity index (χ1v) is 5.90. The molecular weight excluding hydrogens is 260 g/mol. The number of hydrogen-bond donors (Lipinski definition) is 0. The number of rotatable bonds is 2. The van der Waals surface area contributed by atoms with Gasteiger partial charge in [0.15, 0.2) is 11.6 Å². The van der Waals surface area contributed by atoms with Crippen molar-refractivity contribution in [3.8, 4) is 0 Å². The lowest BCUT2D eigenvalue weighted by molar-refractivity contribution is -0.422. The molecule has 0 unspecified atom stereocenters. The second-order valence-electron chi connectivity index (χ2n) is 4.30. The quantitative estimate of drug-likeness (QED) is 0.717. The van der Waals surface area contributed by atoms with Crippen molar-refractivity contribution >= 4 is 11.6 Å². The molecule has 0 aromatic rings. The largest absolute Gasteiger partial charge is 0.754 e. The smallest absolute Gasteiger partial charge is 0.296 e. The zero-order chi connectivity index (χ0) is 14.9. The highest BCUT2D eigenvalue weighted by atomic mass is 16.5. The second-order valence-corrected chi connectivity index (χ2v) is 4.30. The fourth-order valence-electron chi connectivity index (χ4n) is 2.01. The molecule has 102 valence electrons. The number of carbonyl (C=O) groups is 2. The van der Waals surface area contributed by atoms with Crippen molar-refractivity contribution in [1.82, 2.24) is 5.06 Å². The van der Waals surface area contributed by atoms with Gasteiger partial charge in [0.05, 0.1) is 10.3 Å². The molecule has 6 nitrogen and oxygen atoms in total. The summed E-state index contributed by atoms with van der Waals surface area (Å²) in [6.07, 6.45) is 8.08. The van der Waals surface area contributed by atoms with Crippen molar-refractivity contribution in [2.45, 2.75) is 13.8 Å². The van der Waals surface area contributed by atoms with E-state index in [0.717, 1.165) is 0 Å². The van der Waals surface area contributed by atoms with Gasteiger partial charge in [-0.05, 0) is 38.3 Å². The van der Waals surface area contributed by atoms with Crippen LogP contribution >= 0.6 is 0 Å². The topological polar surface area (TPSA) is 80.5 Å². The summed E-state index contributed by atoms with van der Waals surface area (Å²) >= 11 is 0. The van der Waals surface area contributed by atoms with Gasteiger partial charge in [0.2, 0.25) is 6.20 Å². The Morgan fingerprint density at radius 2 is 1.70 bits per heavy atom. The van der Waals surface area contributed by atoms with Gasteiger partial charge < -0.3 is 10.3 Å². The van der Waals surface area contributed by atoms with Crippen LogP contribution < -0.4 is 0 Å². The molecule has 0 saturated carbocycles. The van der Waals surface area contributed by atoms with Gasteiger partial charge >= 0.3 is 0 Å². The first-order valence-electron chi connectivity index (χ1n) is 5.90. The van der Waals surface area contributed by atoms with E-state index in [2.05, 4.69) is 0 Å². The van der Waals surface area contributed by atoms with Gasteiger partial charge in [0.1, 0.15) is 5.70 Å². The minimum absolute atomic E-state index is 0.0980. The molecule has 2 aliphatic rings. The molecule has 0 aliphatic carbocycles. The average molecular weight is 272 g/mol. The van der Waals surface area contributed by atoms with E-state index in [1.165, 1.54) is 50.6 Å². The van der Waals surface area contributed by atoms with Crippen LogP contribution in [0.3, 0.4) is 0 Å². The molecule has 0 aromatic carbocycles. The molecule has 2 aliphatic heterocycles. The average Bonchev–Trinajstić information content (AvgIpc) is 2.38. The van der Waals surface area contributed by atoms with Crippen molar-refractivity contribution in [2.75, 3.05) is 0 Å². The Kier molecular flexibility index (Phi) is 3.58. The molecule has 0 aromatic heterocycles. The standard InChI is InChI=1S/C14H12N2O4/c1-9(17)11-5-3-7-15(19)13(11)14-12(10(2)18)6-4-8-16(14)20/h3-8H,1-2H3. The maximum Gasteiger partial charge on any atom is 0.296 e. The van der Waals surface area contributed by atoms with Crippen LogP contribution in [0.2, 0.25) is 0 Å². The number of nitrogens with zero attached hydrogens (tertiary/aromatic N) is 2. The SMILES string of the molecule is CC(=O)C1=CC=CN([O-])C1=C1C(C(C)=O)=CC=C[N+]1=O. The maximum absolute atomic E-state index is 12.0. The lowest BCUT2D eigenvalue weighted by atomic mass is 9.97. The molecule has 2 rings (SSSR count). The minimum atomic E-state index is -0.358. The van der Waals surface area contributed by atoms with Crippen molar-refractivity contribution in [3.05, 3.63) is 69.4 Å². The first kappa shape index (κ1) is 13.8. The van der Waals surface area contributed by atoms with Crippen LogP contribution in [0.15, 0.2) is 59.2 Å². The number of ketones is 2. The zero-order valence-corrected chi connectivity index (χ0v) is 11.0. The van der Waals surface area contributed by atoms with E-state index in [-0.39, 0.29) is 34.1 Å². The molecule has 2 heterocycles. The molecule has 0 fully saturated rings. The van der Waals surface area contributed by atoms with Gasteiger partial charge in [-0.1, -0.05) is 0 Å². The third-order valence-corrected chi connectivity index (χ3v) is 2.90. The number of hydroxylamine groups is 2. The molecular formula is C14H12N2O4. The van der Waals surface area contributed by atoms with E-state index in [4.69, 9.17) is 0 Å². The fraction of sp³-hybridized carbons (Fsp3) is 0.143. The number of carbonyl (C=O) groups excluding carboxylic acids is 2. The Hall–Kier alpha value is -2.60. The summed E-state index contributed by atoms with van der Waals surface area (Å²) < 4.78 is 0.424. The van der Waals surface area contributed by atoms with E-state index in [1.807, 2.05) is 0 Å². The van der Waals surface area contributed by atoms with Crippen molar-refractivity contribution in [3.63, 3.8) is 0 Å². The van der Waals surface area contributed by atoms with E-state index in [9.17, 15) is 19.7 Å². The first-order chi connectivity index (χ1) is 9.43. The minimum Gasteiger partial charge on any atom is -0.754 e. The lowest BCUT2D eigenvalue weighted by Crippen LogP contribution is -2.24. The highest BCUT2D eigenvalue weighted by molar-refractivity contribution is 6.01. The van der Waals surface area contributed by atoms with Gasteiger partial charge in [0, 0.05) is 16.6 Å². The van der Waals surface area contributed by atoms with Gasteiger partial charge in [-0.3, -0.25) is 9.59 Å². The summed E-state index contributed by atoms with van der Waals surface area (Å²) in [5.41, 5.74) is -0.0248. The number of nitroso groups, excluding NO2 is 1. The van der Waals surface area contributed by atoms with Gasteiger partial charge in [-0.25, -0.2) is 0 Å². The van der Waals surface area contributed by atoms with Crippen LogP contribution in [0.5, 0.6) is 0 Å². The van der Waals surface area contributed by atoms with Crippen LogP contribution in [0.25, 0.3) is 0 Å². The molecule has 0 spiro atoms. The van der Waals surface area contributed by atoms with Crippen molar-refractivity contribution in [2.24, 2.45) is 0 Å². The Balaban J connectivity index is 2.73. The summed E-state index contributed by atoms with van der Waals surface area (Å²) in [5.74, 6) is -0.716. The normalized spacial score (nSPS) is 21.8. The molecule has 0 N–H and O–H groups in total. The van der Waals surface area contributed by atoms with E-state index >= 15 is 0 Å². The van der Waals surface area contributed by atoms with E-state index in [1.54, 1.807) is 0 Å². The summed E-state index contributed by atoms with van der Waals surface area (Å²) in [7, 11) is 0. The van der Waals surface area contributed by atoms with Gasteiger partial charge in [-0.2, -0.15) is 0 Å². The highest BCUT2D eigenvalue weighted by Crippen LogP contribution is 2.30. The van der Waals surface area contributed by atoms with Crippen LogP contribution in [-0.4, -0.2) is 21.4 Å². The number of allylic oxidation sites excluding steroid dienone is 6. The van der Waals surface area contributed by atoms with Crippen LogP contribution in [0, 0.1) is 10.1 Å². The number of Topliss-reactive ketones (excluding diaryl/α,β-unsaturated/α-hetero) is 2. The Labute approximate surface area is 115 Å². The molecule has 0 amide bonds. The maximum atomic E-state index is 12.0. The molecule has 0 saturated heterocycles. The summed E-state index contributed by atoms with van der Waals surface area (Å²) in [4.78, 5) is 35.2. The molecule has 0 bridgehead atoms. The van der Waals surface area contributed by atoms with Gasteiger partial charge in [-0.15, -0.1) is 0 Å². The Morgan fingerprint density at radius 1 is 1.10 bits per heavy atom. The third-order valence-electron chi connectivity index (χ3n) is 2.90. The molecule has 0 radical (unpaired) electrons. The number of hydrogen-bond acceptors (Lipinski definition) is 5. The van der Waals surface area contributed by atoms with Crippen molar-refractivity contribution in [1.29, 1.82) is 0 Å². The van der Waals surface area contributed by atoms with Crippen LogP contribution in [0.1, 0.15) is 13.8 Å². The predicted octanol–water partition coefficient (Wildman–Crippen LogP) is 1.86. The second kappa shape index (κ2) is 5.18. The van der Waals surface area contributed by atoms with Gasteiger partial charge in [0.25, 0.3) is 5.70 Å². The van der Waals surface area contributed by atoms with Crippen LogP contribution in [-0.2, 0) is 9.59 Å². The summed E-state index contributed by atoms with van der Waals surface area (Å²) in [6, 6.07) is 0. The Bertz CT molecular complexity index is 663. The molecule has 6 heteroatoms. The van der Waals surface area contributed by atoms with Crippen LogP contribution in [0.4, 0.5) is 0 Å².